The Hall–Kier alpha value is 0.170. The van der Waals surface area contributed by atoms with Gasteiger partial charge in [0, 0.05) is 0 Å². The first-order valence-electron chi connectivity index (χ1n) is 1.29. The van der Waals surface area contributed by atoms with Gasteiger partial charge >= 0.3 is 0 Å². The third kappa shape index (κ3) is 4.17. The van der Waals surface area contributed by atoms with Crippen molar-refractivity contribution in [2.45, 2.75) is 5.97 Å². The normalized spacial score (nSPS) is 12.0. The van der Waals surface area contributed by atoms with Gasteiger partial charge in [-0.3, -0.25) is 0 Å². The lowest BCUT2D eigenvalue weighted by Gasteiger charge is -2.06. The lowest BCUT2D eigenvalue weighted by molar-refractivity contribution is -0.294. The molecular weight excluding hydrogens is 107 g/mol. The summed E-state index contributed by atoms with van der Waals surface area (Å²) in [7, 11) is 0. The Morgan fingerprint density at radius 3 is 1.50 bits per heavy atom. The fourth-order valence-electron chi connectivity index (χ4n) is 0. The molecule has 0 radical (unpaired) electrons. The average molecular weight is 113 g/mol. The molecule has 0 aliphatic rings. The van der Waals surface area contributed by atoms with Gasteiger partial charge in [0.05, 0.1) is 0 Å². The lowest BCUT2D eigenvalue weighted by Crippen LogP contribution is -2.28. The first-order chi connectivity index (χ1) is 2.56. The maximum atomic E-state index is 7.81. The van der Waals surface area contributed by atoms with Crippen molar-refractivity contribution in [3.8, 4) is 0 Å². The molecule has 4 heteroatoms. The van der Waals surface area contributed by atoms with Crippen molar-refractivity contribution in [2.75, 3.05) is 5.88 Å². The van der Waals surface area contributed by atoms with Crippen LogP contribution in [0.4, 0.5) is 0 Å². The van der Waals surface area contributed by atoms with Crippen LogP contribution < -0.4 is 0 Å². The van der Waals surface area contributed by atoms with E-state index in [-0.39, 0.29) is 0 Å². The zero-order valence-corrected chi connectivity index (χ0v) is 3.68. The van der Waals surface area contributed by atoms with Crippen LogP contribution in [0.15, 0.2) is 0 Å². The van der Waals surface area contributed by atoms with Crippen LogP contribution in [0.5, 0.6) is 0 Å². The molecule has 0 atom stereocenters. The molecule has 0 saturated heterocycles. The minimum absolute atomic E-state index is 0.590. The first kappa shape index (κ1) is 6.17. The second kappa shape index (κ2) is 1.75. The molecule has 0 aliphatic carbocycles. The number of aliphatic hydroxyl groups is 3. The Kier molecular flexibility index (Phi) is 1.80. The summed E-state index contributed by atoms with van der Waals surface area (Å²) in [6, 6.07) is 0. The van der Waals surface area contributed by atoms with Crippen LogP contribution in [-0.4, -0.2) is 27.2 Å². The first-order valence-corrected chi connectivity index (χ1v) is 1.83. The van der Waals surface area contributed by atoms with Crippen molar-refractivity contribution in [3.63, 3.8) is 0 Å². The van der Waals surface area contributed by atoms with Crippen molar-refractivity contribution in [1.29, 1.82) is 0 Å². The van der Waals surface area contributed by atoms with Crippen LogP contribution in [-0.2, 0) is 0 Å². The molecule has 0 aromatic heterocycles. The van der Waals surface area contributed by atoms with Crippen LogP contribution in [0.1, 0.15) is 0 Å². The van der Waals surface area contributed by atoms with Gasteiger partial charge in [-0.05, 0) is 0 Å². The Balaban J connectivity index is 3.17. The average Bonchev–Trinajstić information content (AvgIpc) is 1.35. The van der Waals surface area contributed by atoms with E-state index >= 15 is 0 Å². The van der Waals surface area contributed by atoms with Crippen LogP contribution in [0.2, 0.25) is 0 Å². The minimum atomic E-state index is -2.69. The van der Waals surface area contributed by atoms with Gasteiger partial charge in [-0.1, -0.05) is 0 Å². The molecule has 0 fully saturated rings. The SMILES string of the molecule is OC(O)(O)CCl. The van der Waals surface area contributed by atoms with Crippen LogP contribution in [0.25, 0.3) is 0 Å². The summed E-state index contributed by atoms with van der Waals surface area (Å²) in [6.07, 6.45) is 0. The number of hydrogen-bond donors (Lipinski definition) is 3. The number of hydrogen-bond acceptors (Lipinski definition) is 3. The van der Waals surface area contributed by atoms with Gasteiger partial charge in [-0.15, -0.1) is 11.6 Å². The zero-order valence-electron chi connectivity index (χ0n) is 2.93. The number of alkyl halides is 1. The summed E-state index contributed by atoms with van der Waals surface area (Å²) in [6.45, 7) is 0. The number of halogens is 1. The van der Waals surface area contributed by atoms with E-state index in [1.165, 1.54) is 0 Å². The van der Waals surface area contributed by atoms with Gasteiger partial charge in [-0.25, -0.2) is 0 Å². The molecule has 0 unspecified atom stereocenters. The molecule has 0 spiro atoms. The highest BCUT2D eigenvalue weighted by molar-refractivity contribution is 6.18. The topological polar surface area (TPSA) is 60.7 Å². The summed E-state index contributed by atoms with van der Waals surface area (Å²) in [5.74, 6) is -3.28. The van der Waals surface area contributed by atoms with Crippen molar-refractivity contribution in [3.05, 3.63) is 0 Å². The monoisotopic (exact) mass is 112 g/mol. The van der Waals surface area contributed by atoms with Crippen molar-refractivity contribution in [1.82, 2.24) is 0 Å². The van der Waals surface area contributed by atoms with Crippen LogP contribution >= 0.6 is 11.6 Å². The molecule has 0 amide bonds. The molecular formula is C2H5ClO3. The summed E-state index contributed by atoms with van der Waals surface area (Å²) in [5, 5.41) is 23.4. The largest absolute Gasteiger partial charge is 0.343 e. The molecule has 0 aromatic carbocycles. The fourth-order valence-corrected chi connectivity index (χ4v) is 0. The zero-order chi connectivity index (χ0) is 5.21. The molecule has 3 nitrogen and oxygen atoms in total. The van der Waals surface area contributed by atoms with Crippen LogP contribution in [0.3, 0.4) is 0 Å². The van der Waals surface area contributed by atoms with E-state index in [9.17, 15) is 0 Å². The summed E-state index contributed by atoms with van der Waals surface area (Å²) in [5.41, 5.74) is 0. The Bertz CT molecular complexity index is 38.5. The van der Waals surface area contributed by atoms with Gasteiger partial charge < -0.3 is 15.3 Å². The quantitative estimate of drug-likeness (QED) is 0.297. The predicted molar refractivity (Wildman–Crippen MR) is 20.1 cm³/mol. The molecule has 0 bridgehead atoms. The summed E-state index contributed by atoms with van der Waals surface area (Å²) < 4.78 is 0. The maximum absolute atomic E-state index is 7.81. The highest BCUT2D eigenvalue weighted by Gasteiger charge is 2.13. The predicted octanol–water partition coefficient (Wildman–Crippen LogP) is -1.14. The van der Waals surface area contributed by atoms with Gasteiger partial charge in [0.15, 0.2) is 0 Å². The van der Waals surface area contributed by atoms with E-state index in [1.54, 1.807) is 0 Å². The van der Waals surface area contributed by atoms with Crippen molar-refractivity contribution >= 4 is 11.6 Å². The van der Waals surface area contributed by atoms with E-state index in [4.69, 9.17) is 26.9 Å². The maximum Gasteiger partial charge on any atom is 0.289 e. The van der Waals surface area contributed by atoms with Gasteiger partial charge in [0.2, 0.25) is 0 Å². The fraction of sp³-hybridized carbons (Fsp3) is 1.00. The molecule has 0 heterocycles. The third-order valence-corrected chi connectivity index (χ3v) is 0.538. The van der Waals surface area contributed by atoms with E-state index in [0.29, 0.717) is 0 Å². The van der Waals surface area contributed by atoms with E-state index in [1.807, 2.05) is 0 Å². The van der Waals surface area contributed by atoms with E-state index in [2.05, 4.69) is 0 Å². The molecule has 3 N–H and O–H groups in total. The lowest BCUT2D eigenvalue weighted by atomic mass is 10.7. The highest BCUT2D eigenvalue weighted by Crippen LogP contribution is 1.92. The molecule has 0 rings (SSSR count). The number of rotatable bonds is 1. The smallest absolute Gasteiger partial charge is 0.289 e. The minimum Gasteiger partial charge on any atom is -0.343 e. The third-order valence-electron chi connectivity index (χ3n) is 0.179. The van der Waals surface area contributed by atoms with E-state index in [0.717, 1.165) is 0 Å². The van der Waals surface area contributed by atoms with Crippen molar-refractivity contribution < 1.29 is 15.3 Å². The molecule has 0 aliphatic heterocycles. The molecule has 0 saturated carbocycles. The van der Waals surface area contributed by atoms with Crippen LogP contribution in [0, 0.1) is 0 Å². The highest BCUT2D eigenvalue weighted by atomic mass is 35.5. The second-order valence-electron chi connectivity index (χ2n) is 0.908. The van der Waals surface area contributed by atoms with Gasteiger partial charge in [0.25, 0.3) is 5.97 Å². The van der Waals surface area contributed by atoms with E-state index < -0.39 is 11.9 Å². The molecule has 0 aromatic rings. The Labute approximate surface area is 39.8 Å². The van der Waals surface area contributed by atoms with Gasteiger partial charge in [-0.2, -0.15) is 0 Å². The summed E-state index contributed by atoms with van der Waals surface area (Å²) >= 11 is 4.73. The van der Waals surface area contributed by atoms with Gasteiger partial charge in [0.1, 0.15) is 5.88 Å². The molecule has 38 valence electrons. The molecule has 6 heavy (non-hydrogen) atoms. The van der Waals surface area contributed by atoms with Crippen molar-refractivity contribution in [2.24, 2.45) is 0 Å². The standard InChI is InChI=1S/C2H5ClO3/c3-1-2(4,5)6/h4-6H,1H2. The Morgan fingerprint density at radius 1 is 1.33 bits per heavy atom. The second-order valence-corrected chi connectivity index (χ2v) is 1.18. The Morgan fingerprint density at radius 2 is 1.50 bits per heavy atom. The summed E-state index contributed by atoms with van der Waals surface area (Å²) in [4.78, 5) is 0.